The van der Waals surface area contributed by atoms with Crippen molar-refractivity contribution in [3.8, 4) is 11.5 Å². The SMILES string of the molecule is C=CCCNC(CN)c1ccc(OC)c(OC)c1Cl. The number of hydrogen-bond donors (Lipinski definition) is 2. The quantitative estimate of drug-likeness (QED) is 0.569. The molecule has 1 aromatic rings. The summed E-state index contributed by atoms with van der Waals surface area (Å²) in [4.78, 5) is 0. The molecule has 4 nitrogen and oxygen atoms in total. The van der Waals surface area contributed by atoms with Gasteiger partial charge >= 0.3 is 0 Å². The largest absolute Gasteiger partial charge is 0.493 e. The number of rotatable bonds is 8. The summed E-state index contributed by atoms with van der Waals surface area (Å²) in [6.07, 6.45) is 2.73. The predicted octanol–water partition coefficient (Wildman–Crippen LogP) is 2.52. The number of benzene rings is 1. The van der Waals surface area contributed by atoms with Gasteiger partial charge in [0.05, 0.1) is 19.2 Å². The van der Waals surface area contributed by atoms with E-state index in [4.69, 9.17) is 26.8 Å². The van der Waals surface area contributed by atoms with Crippen molar-refractivity contribution in [2.24, 2.45) is 5.73 Å². The number of nitrogens with one attached hydrogen (secondary N) is 1. The average Bonchev–Trinajstić information content (AvgIpc) is 2.44. The fraction of sp³-hybridized carbons (Fsp3) is 0.429. The third-order valence-electron chi connectivity index (χ3n) is 2.87. The highest BCUT2D eigenvalue weighted by atomic mass is 35.5. The van der Waals surface area contributed by atoms with Crippen LogP contribution < -0.4 is 20.5 Å². The van der Waals surface area contributed by atoms with Gasteiger partial charge in [-0.1, -0.05) is 23.7 Å². The molecule has 0 aliphatic rings. The first-order chi connectivity index (χ1) is 9.19. The van der Waals surface area contributed by atoms with Crippen molar-refractivity contribution in [1.29, 1.82) is 0 Å². The van der Waals surface area contributed by atoms with E-state index in [0.717, 1.165) is 18.5 Å². The minimum atomic E-state index is -0.0211. The first kappa shape index (κ1) is 15.8. The Hall–Kier alpha value is -1.23. The monoisotopic (exact) mass is 284 g/mol. The lowest BCUT2D eigenvalue weighted by atomic mass is 10.1. The Balaban J connectivity index is 3.00. The highest BCUT2D eigenvalue weighted by molar-refractivity contribution is 6.33. The van der Waals surface area contributed by atoms with E-state index >= 15 is 0 Å². The van der Waals surface area contributed by atoms with E-state index in [9.17, 15) is 0 Å². The van der Waals surface area contributed by atoms with Crippen LogP contribution in [0.25, 0.3) is 0 Å². The molecule has 3 N–H and O–H groups in total. The first-order valence-electron chi connectivity index (χ1n) is 6.14. The van der Waals surface area contributed by atoms with E-state index in [0.29, 0.717) is 23.1 Å². The number of ether oxygens (including phenoxy) is 2. The molecule has 0 radical (unpaired) electrons. The summed E-state index contributed by atoms with van der Waals surface area (Å²) in [7, 11) is 3.15. The minimum absolute atomic E-state index is 0.0211. The smallest absolute Gasteiger partial charge is 0.179 e. The zero-order valence-electron chi connectivity index (χ0n) is 11.4. The second kappa shape index (κ2) is 8.04. The maximum Gasteiger partial charge on any atom is 0.179 e. The zero-order valence-corrected chi connectivity index (χ0v) is 12.2. The van der Waals surface area contributed by atoms with Crippen LogP contribution in [0.5, 0.6) is 11.5 Å². The summed E-state index contributed by atoms with van der Waals surface area (Å²) in [6.45, 7) is 4.94. The van der Waals surface area contributed by atoms with Gasteiger partial charge in [0, 0.05) is 12.6 Å². The summed E-state index contributed by atoms with van der Waals surface area (Å²) < 4.78 is 10.5. The lowest BCUT2D eigenvalue weighted by Crippen LogP contribution is -2.29. The Bertz CT molecular complexity index is 424. The van der Waals surface area contributed by atoms with Gasteiger partial charge in [-0.3, -0.25) is 0 Å². The minimum Gasteiger partial charge on any atom is -0.493 e. The van der Waals surface area contributed by atoms with Gasteiger partial charge in [-0.2, -0.15) is 0 Å². The Morgan fingerprint density at radius 3 is 2.68 bits per heavy atom. The number of methoxy groups -OCH3 is 2. The average molecular weight is 285 g/mol. The van der Waals surface area contributed by atoms with Crippen molar-refractivity contribution in [1.82, 2.24) is 5.32 Å². The Morgan fingerprint density at radius 1 is 1.42 bits per heavy atom. The zero-order chi connectivity index (χ0) is 14.3. The molecule has 5 heteroatoms. The molecule has 0 aliphatic heterocycles. The molecule has 1 aromatic carbocycles. The third-order valence-corrected chi connectivity index (χ3v) is 3.26. The molecule has 0 saturated heterocycles. The molecule has 0 aliphatic carbocycles. The molecular formula is C14H21ClN2O2. The van der Waals surface area contributed by atoms with E-state index in [1.54, 1.807) is 14.2 Å². The third kappa shape index (κ3) is 3.86. The molecule has 0 bridgehead atoms. The topological polar surface area (TPSA) is 56.5 Å². The summed E-state index contributed by atoms with van der Waals surface area (Å²) in [5, 5.41) is 3.87. The maximum absolute atomic E-state index is 6.36. The van der Waals surface area contributed by atoms with Crippen molar-refractivity contribution in [3.63, 3.8) is 0 Å². The van der Waals surface area contributed by atoms with Crippen LogP contribution >= 0.6 is 11.6 Å². The molecule has 19 heavy (non-hydrogen) atoms. The van der Waals surface area contributed by atoms with Gasteiger partial charge in [-0.05, 0) is 24.6 Å². The van der Waals surface area contributed by atoms with Crippen LogP contribution in [-0.4, -0.2) is 27.3 Å². The van der Waals surface area contributed by atoms with Gasteiger partial charge in [0.1, 0.15) is 0 Å². The molecule has 0 fully saturated rings. The Labute approximate surface area is 119 Å². The summed E-state index contributed by atoms with van der Waals surface area (Å²) >= 11 is 6.36. The molecule has 1 atom stereocenters. The molecule has 106 valence electrons. The van der Waals surface area contributed by atoms with E-state index in [1.807, 2.05) is 18.2 Å². The highest BCUT2D eigenvalue weighted by Crippen LogP contribution is 2.39. The number of halogens is 1. The summed E-state index contributed by atoms with van der Waals surface area (Å²) in [5.74, 6) is 1.14. The first-order valence-corrected chi connectivity index (χ1v) is 6.52. The van der Waals surface area contributed by atoms with Crippen molar-refractivity contribution in [3.05, 3.63) is 35.4 Å². The Morgan fingerprint density at radius 2 is 2.16 bits per heavy atom. The van der Waals surface area contributed by atoms with Crippen LogP contribution in [0, 0.1) is 0 Å². The Kier molecular flexibility index (Phi) is 6.70. The number of nitrogens with two attached hydrogens (primary N) is 1. The highest BCUT2D eigenvalue weighted by Gasteiger charge is 2.18. The van der Waals surface area contributed by atoms with Gasteiger partial charge in [-0.15, -0.1) is 6.58 Å². The summed E-state index contributed by atoms with van der Waals surface area (Å²) in [6, 6.07) is 3.72. The van der Waals surface area contributed by atoms with Crippen LogP contribution in [0.3, 0.4) is 0 Å². The van der Waals surface area contributed by atoms with E-state index in [-0.39, 0.29) is 6.04 Å². The molecular weight excluding hydrogens is 264 g/mol. The van der Waals surface area contributed by atoms with Crippen LogP contribution in [0.2, 0.25) is 5.02 Å². The lowest BCUT2D eigenvalue weighted by Gasteiger charge is -2.20. The fourth-order valence-corrected chi connectivity index (χ4v) is 2.22. The molecule has 0 spiro atoms. The van der Waals surface area contributed by atoms with Gasteiger partial charge in [0.2, 0.25) is 0 Å². The van der Waals surface area contributed by atoms with Crippen molar-refractivity contribution < 1.29 is 9.47 Å². The second-order valence-electron chi connectivity index (χ2n) is 4.02. The van der Waals surface area contributed by atoms with Crippen LogP contribution in [0.1, 0.15) is 18.0 Å². The van der Waals surface area contributed by atoms with Crippen LogP contribution in [0.4, 0.5) is 0 Å². The molecule has 1 unspecified atom stereocenters. The van der Waals surface area contributed by atoms with Gasteiger partial charge in [0.15, 0.2) is 11.5 Å². The van der Waals surface area contributed by atoms with Gasteiger partial charge in [-0.25, -0.2) is 0 Å². The molecule has 0 saturated carbocycles. The summed E-state index contributed by atoms with van der Waals surface area (Å²) in [5.41, 5.74) is 6.71. The van der Waals surface area contributed by atoms with Crippen molar-refractivity contribution in [2.75, 3.05) is 27.3 Å². The molecule has 0 heterocycles. The van der Waals surface area contributed by atoms with E-state index < -0.39 is 0 Å². The fourth-order valence-electron chi connectivity index (χ4n) is 1.85. The molecule has 0 amide bonds. The lowest BCUT2D eigenvalue weighted by molar-refractivity contribution is 0.354. The van der Waals surface area contributed by atoms with E-state index in [1.165, 1.54) is 0 Å². The molecule has 0 aromatic heterocycles. The number of hydrogen-bond acceptors (Lipinski definition) is 4. The van der Waals surface area contributed by atoms with Gasteiger partial charge in [0.25, 0.3) is 0 Å². The molecule has 1 rings (SSSR count). The maximum atomic E-state index is 6.36. The normalized spacial score (nSPS) is 12.0. The standard InChI is InChI=1S/C14H21ClN2O2/c1-4-5-8-17-11(9-16)10-6-7-12(18-2)14(19-3)13(10)15/h4,6-7,11,17H,1,5,8-9,16H2,2-3H3. The van der Waals surface area contributed by atoms with Crippen LogP contribution in [0.15, 0.2) is 24.8 Å². The second-order valence-corrected chi connectivity index (χ2v) is 4.40. The predicted molar refractivity (Wildman–Crippen MR) is 79.2 cm³/mol. The van der Waals surface area contributed by atoms with Crippen molar-refractivity contribution in [2.45, 2.75) is 12.5 Å². The van der Waals surface area contributed by atoms with Crippen molar-refractivity contribution >= 4 is 11.6 Å². The van der Waals surface area contributed by atoms with Crippen LogP contribution in [-0.2, 0) is 0 Å². The van der Waals surface area contributed by atoms with Gasteiger partial charge < -0.3 is 20.5 Å². The van der Waals surface area contributed by atoms with E-state index in [2.05, 4.69) is 11.9 Å².